The van der Waals surface area contributed by atoms with E-state index in [9.17, 15) is 4.79 Å². The summed E-state index contributed by atoms with van der Waals surface area (Å²) in [7, 11) is 3.84. The molecule has 1 aromatic carbocycles. The van der Waals surface area contributed by atoms with Crippen molar-refractivity contribution in [3.63, 3.8) is 0 Å². The summed E-state index contributed by atoms with van der Waals surface area (Å²) in [4.78, 5) is 15.9. The van der Waals surface area contributed by atoms with E-state index in [0.717, 1.165) is 31.7 Å². The summed E-state index contributed by atoms with van der Waals surface area (Å²) >= 11 is 0. The number of nitrogens with zero attached hydrogens (tertiary/aromatic N) is 2. The first-order valence-corrected chi connectivity index (χ1v) is 6.85. The van der Waals surface area contributed by atoms with Gasteiger partial charge in [-0.3, -0.25) is 4.79 Å². The van der Waals surface area contributed by atoms with Gasteiger partial charge >= 0.3 is 0 Å². The molecule has 0 saturated carbocycles. The number of aryl methyl sites for hydroxylation is 1. The van der Waals surface area contributed by atoms with Gasteiger partial charge in [0.1, 0.15) is 0 Å². The average Bonchev–Trinajstić information content (AvgIpc) is 2.55. The van der Waals surface area contributed by atoms with E-state index in [1.54, 1.807) is 0 Å². The van der Waals surface area contributed by atoms with Crippen molar-refractivity contribution < 1.29 is 4.79 Å². The number of nitrogens with one attached hydrogen (secondary N) is 1. The Hall–Kier alpha value is -1.55. The summed E-state index contributed by atoms with van der Waals surface area (Å²) in [6.45, 7) is 5.30. The van der Waals surface area contributed by atoms with Gasteiger partial charge in [0, 0.05) is 32.4 Å². The molecule has 1 aliphatic rings. The Morgan fingerprint density at radius 3 is 2.79 bits per heavy atom. The predicted octanol–water partition coefficient (Wildman–Crippen LogP) is 1.38. The molecule has 0 unspecified atom stereocenters. The number of hydrogen-bond donors (Lipinski definition) is 1. The van der Waals surface area contributed by atoms with Crippen LogP contribution in [0.2, 0.25) is 0 Å². The van der Waals surface area contributed by atoms with E-state index in [0.29, 0.717) is 6.54 Å². The van der Waals surface area contributed by atoms with E-state index in [1.165, 1.54) is 11.1 Å². The van der Waals surface area contributed by atoms with Gasteiger partial charge in [0.25, 0.3) is 0 Å². The Kier molecular flexibility index (Phi) is 4.43. The number of hydrogen-bond acceptors (Lipinski definition) is 3. The fourth-order valence-electron chi connectivity index (χ4n) is 2.47. The monoisotopic (exact) mass is 261 g/mol. The first kappa shape index (κ1) is 13.9. The van der Waals surface area contributed by atoms with Gasteiger partial charge in [-0.15, -0.1) is 0 Å². The molecule has 1 aliphatic heterocycles. The fraction of sp³-hybridized carbons (Fsp3) is 0.533. The molecule has 1 amide bonds. The minimum atomic E-state index is 0.203. The van der Waals surface area contributed by atoms with Gasteiger partial charge in [0.2, 0.25) is 5.91 Å². The molecule has 1 fully saturated rings. The molecule has 0 aliphatic carbocycles. The van der Waals surface area contributed by atoms with Crippen molar-refractivity contribution in [2.75, 3.05) is 38.6 Å². The number of likely N-dealkylation sites (N-methyl/N-ethyl adjacent to an activating group) is 1. The number of carbonyl (C=O) groups is 1. The van der Waals surface area contributed by atoms with E-state index in [1.807, 2.05) is 19.0 Å². The quantitative estimate of drug-likeness (QED) is 0.893. The summed E-state index contributed by atoms with van der Waals surface area (Å²) in [6.07, 6.45) is 1.03. The normalized spacial score (nSPS) is 16.7. The summed E-state index contributed by atoms with van der Waals surface area (Å²) in [5.41, 5.74) is 3.74. The highest BCUT2D eigenvalue weighted by Gasteiger charge is 2.19. The second-order valence-electron chi connectivity index (χ2n) is 5.23. The zero-order chi connectivity index (χ0) is 13.8. The van der Waals surface area contributed by atoms with Gasteiger partial charge in [-0.1, -0.05) is 6.07 Å². The molecule has 2 rings (SSSR count). The van der Waals surface area contributed by atoms with Crippen LogP contribution in [0.15, 0.2) is 18.2 Å². The Bertz CT molecular complexity index is 459. The molecule has 4 nitrogen and oxygen atoms in total. The lowest BCUT2D eigenvalue weighted by molar-refractivity contribution is -0.127. The van der Waals surface area contributed by atoms with E-state index < -0.39 is 0 Å². The molecule has 19 heavy (non-hydrogen) atoms. The van der Waals surface area contributed by atoms with Crippen LogP contribution in [0.3, 0.4) is 0 Å². The molecule has 0 bridgehead atoms. The molecule has 1 heterocycles. The van der Waals surface area contributed by atoms with Crippen LogP contribution in [0, 0.1) is 6.92 Å². The second kappa shape index (κ2) is 6.06. The third kappa shape index (κ3) is 3.26. The SMILES string of the molecule is CNCc1ccc(N2CCCN(C)C(=O)C2)cc1C. The third-order valence-corrected chi connectivity index (χ3v) is 3.73. The lowest BCUT2D eigenvalue weighted by Crippen LogP contribution is -2.34. The predicted molar refractivity (Wildman–Crippen MR) is 78.4 cm³/mol. The van der Waals surface area contributed by atoms with Crippen molar-refractivity contribution in [3.8, 4) is 0 Å². The highest BCUT2D eigenvalue weighted by Crippen LogP contribution is 2.20. The lowest BCUT2D eigenvalue weighted by atomic mass is 10.1. The summed E-state index contributed by atoms with van der Waals surface area (Å²) in [5, 5.41) is 3.17. The highest BCUT2D eigenvalue weighted by molar-refractivity contribution is 5.81. The Morgan fingerprint density at radius 2 is 2.11 bits per heavy atom. The van der Waals surface area contributed by atoms with Gasteiger partial charge < -0.3 is 15.1 Å². The molecule has 4 heteroatoms. The van der Waals surface area contributed by atoms with E-state index in [2.05, 4.69) is 35.3 Å². The van der Waals surface area contributed by atoms with Crippen LogP contribution < -0.4 is 10.2 Å². The zero-order valence-corrected chi connectivity index (χ0v) is 12.1. The maximum absolute atomic E-state index is 11.9. The van der Waals surface area contributed by atoms with Crippen molar-refractivity contribution in [3.05, 3.63) is 29.3 Å². The molecule has 0 atom stereocenters. The van der Waals surface area contributed by atoms with Crippen molar-refractivity contribution in [1.29, 1.82) is 0 Å². The van der Waals surface area contributed by atoms with Crippen LogP contribution in [0.25, 0.3) is 0 Å². The van der Waals surface area contributed by atoms with Gasteiger partial charge in [0.05, 0.1) is 6.54 Å². The Labute approximate surface area is 115 Å². The standard InChI is InChI=1S/C15H23N3O/c1-12-9-14(6-5-13(12)10-16-2)18-8-4-7-17(3)15(19)11-18/h5-6,9,16H,4,7-8,10-11H2,1-3H3. The molecular weight excluding hydrogens is 238 g/mol. The zero-order valence-electron chi connectivity index (χ0n) is 12.1. The van der Waals surface area contributed by atoms with Crippen LogP contribution >= 0.6 is 0 Å². The van der Waals surface area contributed by atoms with Crippen molar-refractivity contribution in [2.24, 2.45) is 0 Å². The number of anilines is 1. The minimum Gasteiger partial charge on any atom is -0.362 e. The molecule has 0 radical (unpaired) electrons. The Morgan fingerprint density at radius 1 is 1.32 bits per heavy atom. The average molecular weight is 261 g/mol. The van der Waals surface area contributed by atoms with Crippen molar-refractivity contribution in [2.45, 2.75) is 19.9 Å². The van der Waals surface area contributed by atoms with Crippen LogP contribution in [0.5, 0.6) is 0 Å². The molecule has 104 valence electrons. The van der Waals surface area contributed by atoms with Gasteiger partial charge in [-0.2, -0.15) is 0 Å². The van der Waals surface area contributed by atoms with Crippen LogP contribution in [-0.2, 0) is 11.3 Å². The van der Waals surface area contributed by atoms with Crippen molar-refractivity contribution in [1.82, 2.24) is 10.2 Å². The van der Waals surface area contributed by atoms with Crippen LogP contribution in [-0.4, -0.2) is 44.5 Å². The summed E-state index contributed by atoms with van der Waals surface area (Å²) in [6, 6.07) is 6.46. The number of carbonyl (C=O) groups excluding carboxylic acids is 1. The summed E-state index contributed by atoms with van der Waals surface area (Å²) in [5.74, 6) is 0.203. The van der Waals surface area contributed by atoms with Crippen molar-refractivity contribution >= 4 is 11.6 Å². The fourth-order valence-corrected chi connectivity index (χ4v) is 2.47. The third-order valence-electron chi connectivity index (χ3n) is 3.73. The van der Waals surface area contributed by atoms with E-state index in [4.69, 9.17) is 0 Å². The smallest absolute Gasteiger partial charge is 0.241 e. The van der Waals surface area contributed by atoms with E-state index in [-0.39, 0.29) is 5.91 Å². The van der Waals surface area contributed by atoms with Crippen LogP contribution in [0.1, 0.15) is 17.5 Å². The first-order valence-electron chi connectivity index (χ1n) is 6.85. The number of rotatable bonds is 3. The molecule has 0 aromatic heterocycles. The molecular formula is C15H23N3O. The Balaban J connectivity index is 2.17. The largest absolute Gasteiger partial charge is 0.362 e. The van der Waals surface area contributed by atoms with Gasteiger partial charge in [-0.05, 0) is 43.7 Å². The molecule has 1 saturated heterocycles. The number of amides is 1. The number of benzene rings is 1. The first-order chi connectivity index (χ1) is 9.11. The molecule has 1 N–H and O–H groups in total. The minimum absolute atomic E-state index is 0.203. The maximum atomic E-state index is 11.9. The van der Waals surface area contributed by atoms with Gasteiger partial charge in [-0.25, -0.2) is 0 Å². The maximum Gasteiger partial charge on any atom is 0.241 e. The topological polar surface area (TPSA) is 35.6 Å². The second-order valence-corrected chi connectivity index (χ2v) is 5.23. The van der Waals surface area contributed by atoms with Crippen LogP contribution in [0.4, 0.5) is 5.69 Å². The molecule has 1 aromatic rings. The summed E-state index contributed by atoms with van der Waals surface area (Å²) < 4.78 is 0. The molecule has 0 spiro atoms. The highest BCUT2D eigenvalue weighted by atomic mass is 16.2. The van der Waals surface area contributed by atoms with E-state index >= 15 is 0 Å². The van der Waals surface area contributed by atoms with Gasteiger partial charge in [0.15, 0.2) is 0 Å². The lowest BCUT2D eigenvalue weighted by Gasteiger charge is -2.23.